The van der Waals surface area contributed by atoms with Gasteiger partial charge in [0.1, 0.15) is 13.2 Å². The van der Waals surface area contributed by atoms with Crippen LogP contribution in [0.25, 0.3) is 0 Å². The molecule has 1 aromatic carbocycles. The van der Waals surface area contributed by atoms with E-state index in [-0.39, 0.29) is 0 Å². The van der Waals surface area contributed by atoms with Crippen LogP contribution in [0.3, 0.4) is 0 Å². The first-order valence-electron chi connectivity index (χ1n) is 8.09. The zero-order valence-corrected chi connectivity index (χ0v) is 12.8. The normalized spacial score (nSPS) is 20.2. The first-order valence-corrected chi connectivity index (χ1v) is 8.09. The van der Waals surface area contributed by atoms with Gasteiger partial charge in [0, 0.05) is 19.3 Å². The van der Waals surface area contributed by atoms with Gasteiger partial charge in [0.2, 0.25) is 0 Å². The van der Waals surface area contributed by atoms with Crippen molar-refractivity contribution in [2.75, 3.05) is 33.0 Å². The minimum absolute atomic E-state index is 0.379. The maximum atomic E-state index is 5.73. The summed E-state index contributed by atoms with van der Waals surface area (Å²) in [7, 11) is 0. The zero-order chi connectivity index (χ0) is 14.5. The molecule has 0 amide bonds. The van der Waals surface area contributed by atoms with E-state index in [2.05, 4.69) is 24.4 Å². The molecule has 0 aliphatic carbocycles. The third-order valence-corrected chi connectivity index (χ3v) is 4.28. The maximum Gasteiger partial charge on any atom is 0.161 e. The number of hydrogen-bond donors (Lipinski definition) is 1. The van der Waals surface area contributed by atoms with Gasteiger partial charge in [-0.1, -0.05) is 13.0 Å². The lowest BCUT2D eigenvalue weighted by molar-refractivity contribution is 0.0535. The van der Waals surface area contributed by atoms with Gasteiger partial charge in [-0.25, -0.2) is 0 Å². The highest BCUT2D eigenvalue weighted by Gasteiger charge is 2.26. The SMILES string of the molecule is CCCNC(c1ccc2c(c1)OCCO2)C1CCOCC1. The highest BCUT2D eigenvalue weighted by atomic mass is 16.6. The molecule has 0 aromatic heterocycles. The van der Waals surface area contributed by atoms with E-state index in [1.807, 2.05) is 6.07 Å². The Morgan fingerprint density at radius 2 is 1.86 bits per heavy atom. The Labute approximate surface area is 126 Å². The number of fused-ring (bicyclic) bond motifs is 1. The van der Waals surface area contributed by atoms with Crippen LogP contribution in [0.2, 0.25) is 0 Å². The topological polar surface area (TPSA) is 39.7 Å². The molecule has 2 aliphatic rings. The summed E-state index contributed by atoms with van der Waals surface area (Å²) in [5.74, 6) is 2.38. The highest BCUT2D eigenvalue weighted by molar-refractivity contribution is 5.44. The fraction of sp³-hybridized carbons (Fsp3) is 0.647. The van der Waals surface area contributed by atoms with E-state index in [1.165, 1.54) is 5.56 Å². The molecule has 1 fully saturated rings. The Morgan fingerprint density at radius 3 is 2.62 bits per heavy atom. The molecule has 1 unspecified atom stereocenters. The second-order valence-corrected chi connectivity index (χ2v) is 5.78. The number of rotatable bonds is 5. The van der Waals surface area contributed by atoms with Gasteiger partial charge in [0.25, 0.3) is 0 Å². The first kappa shape index (κ1) is 14.7. The molecule has 0 spiro atoms. The fourth-order valence-electron chi connectivity index (χ4n) is 3.16. The minimum atomic E-state index is 0.379. The van der Waals surface area contributed by atoms with Gasteiger partial charge in [-0.3, -0.25) is 0 Å². The summed E-state index contributed by atoms with van der Waals surface area (Å²) in [6, 6.07) is 6.75. The molecule has 1 aromatic rings. The summed E-state index contributed by atoms with van der Waals surface area (Å²) >= 11 is 0. The number of ether oxygens (including phenoxy) is 3. The highest BCUT2D eigenvalue weighted by Crippen LogP contribution is 2.36. The maximum absolute atomic E-state index is 5.73. The molecule has 0 saturated carbocycles. The van der Waals surface area contributed by atoms with Crippen LogP contribution in [-0.4, -0.2) is 33.0 Å². The summed E-state index contributed by atoms with van der Waals surface area (Å²) in [6.07, 6.45) is 3.38. The van der Waals surface area contributed by atoms with Crippen molar-refractivity contribution in [2.24, 2.45) is 5.92 Å². The molecule has 2 aliphatic heterocycles. The van der Waals surface area contributed by atoms with Gasteiger partial charge in [0.15, 0.2) is 11.5 Å². The van der Waals surface area contributed by atoms with Crippen molar-refractivity contribution in [3.05, 3.63) is 23.8 Å². The van der Waals surface area contributed by atoms with Gasteiger partial charge in [0.05, 0.1) is 0 Å². The monoisotopic (exact) mass is 291 g/mol. The van der Waals surface area contributed by atoms with Crippen molar-refractivity contribution in [3.8, 4) is 11.5 Å². The van der Waals surface area contributed by atoms with Crippen molar-refractivity contribution in [1.29, 1.82) is 0 Å². The van der Waals surface area contributed by atoms with Crippen LogP contribution in [0.1, 0.15) is 37.8 Å². The van der Waals surface area contributed by atoms with Crippen LogP contribution < -0.4 is 14.8 Å². The van der Waals surface area contributed by atoms with E-state index >= 15 is 0 Å². The third-order valence-electron chi connectivity index (χ3n) is 4.28. The minimum Gasteiger partial charge on any atom is -0.486 e. The van der Waals surface area contributed by atoms with Gasteiger partial charge in [-0.05, 0) is 49.4 Å². The van der Waals surface area contributed by atoms with Crippen LogP contribution in [-0.2, 0) is 4.74 Å². The van der Waals surface area contributed by atoms with Gasteiger partial charge >= 0.3 is 0 Å². The van der Waals surface area contributed by atoms with Crippen molar-refractivity contribution >= 4 is 0 Å². The second kappa shape index (κ2) is 7.14. The predicted molar refractivity (Wildman–Crippen MR) is 82.0 cm³/mol. The molecular weight excluding hydrogens is 266 g/mol. The molecule has 1 saturated heterocycles. The first-order chi connectivity index (χ1) is 10.4. The summed E-state index contributed by atoms with van der Waals surface area (Å²) in [5.41, 5.74) is 1.31. The van der Waals surface area contributed by atoms with Crippen molar-refractivity contribution in [1.82, 2.24) is 5.32 Å². The lowest BCUT2D eigenvalue weighted by Crippen LogP contribution is -2.32. The molecule has 116 valence electrons. The average Bonchev–Trinajstić information content (AvgIpc) is 2.56. The zero-order valence-electron chi connectivity index (χ0n) is 12.8. The largest absolute Gasteiger partial charge is 0.486 e. The molecule has 4 nitrogen and oxygen atoms in total. The third kappa shape index (κ3) is 3.50. The average molecular weight is 291 g/mol. The molecule has 0 bridgehead atoms. The Hall–Kier alpha value is -1.26. The number of benzene rings is 1. The molecule has 2 heterocycles. The molecule has 0 radical (unpaired) electrons. The lowest BCUT2D eigenvalue weighted by Gasteiger charge is -2.32. The van der Waals surface area contributed by atoms with E-state index in [9.17, 15) is 0 Å². The number of hydrogen-bond acceptors (Lipinski definition) is 4. The summed E-state index contributed by atoms with van der Waals surface area (Å²) in [5, 5.41) is 3.71. The Bertz CT molecular complexity index is 457. The van der Waals surface area contributed by atoms with E-state index < -0.39 is 0 Å². The Balaban J connectivity index is 1.80. The summed E-state index contributed by atoms with van der Waals surface area (Å²) in [4.78, 5) is 0. The van der Waals surface area contributed by atoms with E-state index in [1.54, 1.807) is 0 Å². The molecule has 4 heteroatoms. The van der Waals surface area contributed by atoms with Gasteiger partial charge < -0.3 is 19.5 Å². The van der Waals surface area contributed by atoms with Gasteiger partial charge in [-0.15, -0.1) is 0 Å². The van der Waals surface area contributed by atoms with Crippen LogP contribution in [0.4, 0.5) is 0 Å². The van der Waals surface area contributed by atoms with Crippen LogP contribution in [0.5, 0.6) is 11.5 Å². The van der Waals surface area contributed by atoms with Crippen LogP contribution in [0.15, 0.2) is 18.2 Å². The van der Waals surface area contributed by atoms with E-state index in [0.717, 1.165) is 50.5 Å². The quantitative estimate of drug-likeness (QED) is 0.905. The lowest BCUT2D eigenvalue weighted by atomic mass is 9.87. The number of nitrogens with one attached hydrogen (secondary N) is 1. The fourth-order valence-corrected chi connectivity index (χ4v) is 3.16. The molecule has 3 rings (SSSR count). The molecule has 1 N–H and O–H groups in total. The van der Waals surface area contributed by atoms with Crippen LogP contribution in [0, 0.1) is 5.92 Å². The van der Waals surface area contributed by atoms with Crippen molar-refractivity contribution in [3.63, 3.8) is 0 Å². The molecule has 1 atom stereocenters. The van der Waals surface area contributed by atoms with Crippen molar-refractivity contribution < 1.29 is 14.2 Å². The Morgan fingerprint density at radius 1 is 1.10 bits per heavy atom. The predicted octanol–water partition coefficient (Wildman–Crippen LogP) is 2.93. The van der Waals surface area contributed by atoms with E-state index in [0.29, 0.717) is 25.2 Å². The van der Waals surface area contributed by atoms with Crippen LogP contribution >= 0.6 is 0 Å². The van der Waals surface area contributed by atoms with Crippen molar-refractivity contribution in [2.45, 2.75) is 32.2 Å². The summed E-state index contributed by atoms with van der Waals surface area (Å²) in [6.45, 7) is 6.28. The second-order valence-electron chi connectivity index (χ2n) is 5.78. The standard InChI is InChI=1S/C17H25NO3/c1-2-7-18-17(13-5-8-19-9-6-13)14-3-4-15-16(12-14)21-11-10-20-15/h3-4,12-13,17-18H,2,5-11H2,1H3. The van der Waals surface area contributed by atoms with E-state index in [4.69, 9.17) is 14.2 Å². The smallest absolute Gasteiger partial charge is 0.161 e. The van der Waals surface area contributed by atoms with Gasteiger partial charge in [-0.2, -0.15) is 0 Å². The Kier molecular flexibility index (Phi) is 4.99. The molecule has 21 heavy (non-hydrogen) atoms. The summed E-state index contributed by atoms with van der Waals surface area (Å²) < 4.78 is 16.9. The molecular formula is C17H25NO3.